The number of halogens is 1. The van der Waals surface area contributed by atoms with Gasteiger partial charge < -0.3 is 10.2 Å². The molecule has 1 heterocycles. The minimum Gasteiger partial charge on any atom is -0.316 e. The number of nitrogens with zero attached hydrogens (tertiary/aromatic N) is 1. The molecule has 1 aliphatic carbocycles. The molecule has 108 valence electrons. The summed E-state index contributed by atoms with van der Waals surface area (Å²) >= 11 is 0. The number of hydrogen-bond donors (Lipinski definition) is 1. The third-order valence-corrected chi connectivity index (χ3v) is 4.79. The minimum atomic E-state index is 0. The first-order valence-electron chi connectivity index (χ1n) is 7.61. The molecule has 3 heteroatoms. The van der Waals surface area contributed by atoms with Gasteiger partial charge in [0.25, 0.3) is 0 Å². The molecule has 0 radical (unpaired) electrons. The van der Waals surface area contributed by atoms with Crippen LogP contribution < -0.4 is 5.32 Å². The second-order valence-corrected chi connectivity index (χ2v) is 6.65. The van der Waals surface area contributed by atoms with Gasteiger partial charge in [0.05, 0.1) is 0 Å². The summed E-state index contributed by atoms with van der Waals surface area (Å²) in [5, 5.41) is 3.52. The standard InChI is InChI=1S/C15H30N2.ClH/c1-15(10-11-16-12-15)13-17(2)14-8-6-4-3-5-7-9-14;/h14,16H,3-13H2,1-2H3;1H. The van der Waals surface area contributed by atoms with Gasteiger partial charge in [-0.15, -0.1) is 12.4 Å². The second kappa shape index (κ2) is 7.72. The van der Waals surface area contributed by atoms with Gasteiger partial charge in [-0.25, -0.2) is 0 Å². The molecule has 0 aromatic carbocycles. The molecule has 1 saturated carbocycles. The molecule has 1 atom stereocenters. The van der Waals surface area contributed by atoms with E-state index in [2.05, 4.69) is 24.2 Å². The molecule has 0 spiro atoms. The molecule has 1 saturated heterocycles. The van der Waals surface area contributed by atoms with Crippen LogP contribution in [0.2, 0.25) is 0 Å². The minimum absolute atomic E-state index is 0. The smallest absolute Gasteiger partial charge is 0.00924 e. The highest BCUT2D eigenvalue weighted by Crippen LogP contribution is 2.28. The summed E-state index contributed by atoms with van der Waals surface area (Å²) in [5.74, 6) is 0. The Morgan fingerprint density at radius 3 is 2.28 bits per heavy atom. The Bertz CT molecular complexity index is 219. The quantitative estimate of drug-likeness (QED) is 0.848. The van der Waals surface area contributed by atoms with Crippen molar-refractivity contribution >= 4 is 12.4 Å². The van der Waals surface area contributed by atoms with Crippen molar-refractivity contribution in [1.29, 1.82) is 0 Å². The summed E-state index contributed by atoms with van der Waals surface area (Å²) in [4.78, 5) is 2.66. The van der Waals surface area contributed by atoms with E-state index in [1.165, 1.54) is 71.0 Å². The largest absolute Gasteiger partial charge is 0.316 e. The lowest BCUT2D eigenvalue weighted by atomic mass is 9.87. The van der Waals surface area contributed by atoms with Gasteiger partial charge in [0.2, 0.25) is 0 Å². The molecule has 1 aliphatic heterocycles. The highest BCUT2D eigenvalue weighted by Gasteiger charge is 2.31. The third-order valence-electron chi connectivity index (χ3n) is 4.79. The number of rotatable bonds is 3. The first-order chi connectivity index (χ1) is 8.20. The van der Waals surface area contributed by atoms with Crippen LogP contribution in [0.15, 0.2) is 0 Å². The van der Waals surface area contributed by atoms with Crippen LogP contribution in [0.1, 0.15) is 58.3 Å². The van der Waals surface area contributed by atoms with Gasteiger partial charge in [0, 0.05) is 19.1 Å². The lowest BCUT2D eigenvalue weighted by Gasteiger charge is -2.35. The molecule has 2 rings (SSSR count). The second-order valence-electron chi connectivity index (χ2n) is 6.65. The van der Waals surface area contributed by atoms with Gasteiger partial charge in [-0.3, -0.25) is 0 Å². The van der Waals surface area contributed by atoms with Crippen molar-refractivity contribution in [3.8, 4) is 0 Å². The first kappa shape index (κ1) is 16.3. The molecule has 1 unspecified atom stereocenters. The Labute approximate surface area is 119 Å². The molecule has 18 heavy (non-hydrogen) atoms. The lowest BCUT2D eigenvalue weighted by Crippen LogP contribution is -2.41. The van der Waals surface area contributed by atoms with E-state index in [-0.39, 0.29) is 12.4 Å². The van der Waals surface area contributed by atoms with Crippen LogP contribution in [0.25, 0.3) is 0 Å². The molecule has 0 aromatic heterocycles. The molecular formula is C15H31ClN2. The first-order valence-corrected chi connectivity index (χ1v) is 7.61. The molecule has 0 aromatic rings. The maximum Gasteiger partial charge on any atom is 0.00924 e. The number of hydrogen-bond acceptors (Lipinski definition) is 2. The van der Waals surface area contributed by atoms with Crippen LogP contribution in [-0.2, 0) is 0 Å². The van der Waals surface area contributed by atoms with E-state index in [1.54, 1.807) is 0 Å². The van der Waals surface area contributed by atoms with Crippen molar-refractivity contribution in [3.05, 3.63) is 0 Å². The Morgan fingerprint density at radius 2 is 1.72 bits per heavy atom. The summed E-state index contributed by atoms with van der Waals surface area (Å²) in [6.45, 7) is 6.16. The molecule has 2 nitrogen and oxygen atoms in total. The monoisotopic (exact) mass is 274 g/mol. The Balaban J connectivity index is 0.00000162. The zero-order valence-corrected chi connectivity index (χ0v) is 13.0. The van der Waals surface area contributed by atoms with Crippen molar-refractivity contribution in [2.45, 2.75) is 64.3 Å². The van der Waals surface area contributed by atoms with Gasteiger partial charge in [-0.2, -0.15) is 0 Å². The number of nitrogens with one attached hydrogen (secondary N) is 1. The zero-order valence-electron chi connectivity index (χ0n) is 12.2. The van der Waals surface area contributed by atoms with Crippen molar-refractivity contribution in [1.82, 2.24) is 10.2 Å². The van der Waals surface area contributed by atoms with Gasteiger partial charge in [0.1, 0.15) is 0 Å². The van der Waals surface area contributed by atoms with Crippen molar-refractivity contribution in [3.63, 3.8) is 0 Å². The molecule has 2 fully saturated rings. The van der Waals surface area contributed by atoms with E-state index < -0.39 is 0 Å². The Morgan fingerprint density at radius 1 is 1.11 bits per heavy atom. The molecule has 0 bridgehead atoms. The summed E-state index contributed by atoms with van der Waals surface area (Å²) in [6.07, 6.45) is 11.5. The average Bonchev–Trinajstić information content (AvgIpc) is 2.63. The Kier molecular flexibility index (Phi) is 6.97. The third kappa shape index (κ3) is 4.71. The maximum absolute atomic E-state index is 3.52. The molecular weight excluding hydrogens is 244 g/mol. The van der Waals surface area contributed by atoms with E-state index in [0.29, 0.717) is 5.41 Å². The average molecular weight is 275 g/mol. The van der Waals surface area contributed by atoms with Gasteiger partial charge in [-0.05, 0) is 38.3 Å². The molecule has 2 aliphatic rings. The summed E-state index contributed by atoms with van der Waals surface area (Å²) in [6, 6.07) is 0.854. The van der Waals surface area contributed by atoms with E-state index >= 15 is 0 Å². The molecule has 0 amide bonds. The summed E-state index contributed by atoms with van der Waals surface area (Å²) in [5.41, 5.74) is 0.525. The van der Waals surface area contributed by atoms with Gasteiger partial charge in [0.15, 0.2) is 0 Å². The van der Waals surface area contributed by atoms with Crippen LogP contribution in [-0.4, -0.2) is 37.6 Å². The fourth-order valence-electron chi connectivity index (χ4n) is 3.61. The van der Waals surface area contributed by atoms with Crippen LogP contribution in [0.4, 0.5) is 0 Å². The SMILES string of the molecule is CN(CC1(C)CCNC1)C1CCCCCCC1.Cl. The predicted octanol–water partition coefficient (Wildman–Crippen LogP) is 3.45. The Hall–Kier alpha value is 0.210. The topological polar surface area (TPSA) is 15.3 Å². The van der Waals surface area contributed by atoms with Crippen LogP contribution >= 0.6 is 12.4 Å². The van der Waals surface area contributed by atoms with E-state index in [0.717, 1.165) is 6.04 Å². The fourth-order valence-corrected chi connectivity index (χ4v) is 3.61. The van der Waals surface area contributed by atoms with Crippen LogP contribution in [0.3, 0.4) is 0 Å². The molecule has 1 N–H and O–H groups in total. The summed E-state index contributed by atoms with van der Waals surface area (Å²) in [7, 11) is 2.36. The fraction of sp³-hybridized carbons (Fsp3) is 1.00. The van der Waals surface area contributed by atoms with E-state index in [1.807, 2.05) is 0 Å². The lowest BCUT2D eigenvalue weighted by molar-refractivity contribution is 0.139. The summed E-state index contributed by atoms with van der Waals surface area (Å²) < 4.78 is 0. The zero-order chi connectivity index (χ0) is 12.1. The van der Waals surface area contributed by atoms with E-state index in [4.69, 9.17) is 0 Å². The maximum atomic E-state index is 3.52. The predicted molar refractivity (Wildman–Crippen MR) is 81.6 cm³/mol. The van der Waals surface area contributed by atoms with Crippen molar-refractivity contribution in [2.75, 3.05) is 26.7 Å². The van der Waals surface area contributed by atoms with E-state index in [9.17, 15) is 0 Å². The normalized spacial score (nSPS) is 30.8. The van der Waals surface area contributed by atoms with Crippen LogP contribution in [0, 0.1) is 5.41 Å². The van der Waals surface area contributed by atoms with Gasteiger partial charge >= 0.3 is 0 Å². The highest BCUT2D eigenvalue weighted by molar-refractivity contribution is 5.85. The van der Waals surface area contributed by atoms with Crippen molar-refractivity contribution < 1.29 is 0 Å². The van der Waals surface area contributed by atoms with Crippen molar-refractivity contribution in [2.24, 2.45) is 5.41 Å². The van der Waals surface area contributed by atoms with Crippen LogP contribution in [0.5, 0.6) is 0 Å². The van der Waals surface area contributed by atoms with Gasteiger partial charge in [-0.1, -0.05) is 39.0 Å². The highest BCUT2D eigenvalue weighted by atomic mass is 35.5.